The average Bonchev–Trinajstić information content (AvgIpc) is 2.76. The zero-order valence-electron chi connectivity index (χ0n) is 10.3. The van der Waals surface area contributed by atoms with E-state index in [1.807, 2.05) is 0 Å². The molecule has 1 aromatic heterocycles. The second kappa shape index (κ2) is 5.15. The lowest BCUT2D eigenvalue weighted by atomic mass is 10.0. The predicted octanol–water partition coefficient (Wildman–Crippen LogP) is 2.17. The topological polar surface area (TPSA) is 48.9 Å². The third kappa shape index (κ3) is 3.17. The maximum atomic E-state index is 9.97. The number of H-pyrrole nitrogens is 1. The molecule has 3 heteroatoms. The third-order valence-electron chi connectivity index (χ3n) is 3.03. The van der Waals surface area contributed by atoms with Gasteiger partial charge >= 0.3 is 0 Å². The molecule has 0 amide bonds. The lowest BCUT2D eigenvalue weighted by Gasteiger charge is -2.10. The number of aliphatic hydroxyl groups excluding tert-OH is 1. The molecule has 0 bridgehead atoms. The monoisotopic (exact) mass is 230 g/mol. The molecule has 90 valence electrons. The van der Waals surface area contributed by atoms with E-state index in [2.05, 4.69) is 42.0 Å². The molecule has 0 saturated heterocycles. The Morgan fingerprint density at radius 2 is 2.06 bits per heavy atom. The lowest BCUT2D eigenvalue weighted by molar-refractivity contribution is 0.173. The number of aromatic amines is 1. The van der Waals surface area contributed by atoms with Crippen LogP contribution in [-0.4, -0.2) is 21.2 Å². The van der Waals surface area contributed by atoms with Crippen LogP contribution in [0.25, 0.3) is 0 Å². The largest absolute Gasteiger partial charge is 0.392 e. The quantitative estimate of drug-likeness (QED) is 0.845. The maximum absolute atomic E-state index is 9.97. The van der Waals surface area contributed by atoms with Crippen molar-refractivity contribution in [3.63, 3.8) is 0 Å². The van der Waals surface area contributed by atoms with Crippen LogP contribution in [-0.2, 0) is 12.8 Å². The average molecular weight is 230 g/mol. The fourth-order valence-corrected chi connectivity index (χ4v) is 1.91. The second-order valence-corrected chi connectivity index (χ2v) is 4.52. The molecule has 0 aliphatic carbocycles. The van der Waals surface area contributed by atoms with Gasteiger partial charge < -0.3 is 10.1 Å². The van der Waals surface area contributed by atoms with Gasteiger partial charge in [-0.1, -0.05) is 18.2 Å². The number of hydrogen-bond acceptors (Lipinski definition) is 2. The first-order valence-electron chi connectivity index (χ1n) is 5.87. The van der Waals surface area contributed by atoms with Crippen molar-refractivity contribution < 1.29 is 5.11 Å². The van der Waals surface area contributed by atoms with Crippen molar-refractivity contribution in [2.45, 2.75) is 32.8 Å². The summed E-state index contributed by atoms with van der Waals surface area (Å²) in [5, 5.41) is 9.97. The van der Waals surface area contributed by atoms with Crippen LogP contribution in [0.2, 0.25) is 0 Å². The molecule has 17 heavy (non-hydrogen) atoms. The highest BCUT2D eigenvalue weighted by molar-refractivity contribution is 5.30. The van der Waals surface area contributed by atoms with E-state index < -0.39 is 0 Å². The van der Waals surface area contributed by atoms with Gasteiger partial charge in [0.1, 0.15) is 5.82 Å². The van der Waals surface area contributed by atoms with Gasteiger partial charge in [-0.15, -0.1) is 0 Å². The number of aryl methyl sites for hydroxylation is 2. The summed E-state index contributed by atoms with van der Waals surface area (Å²) in [7, 11) is 0. The molecule has 1 heterocycles. The standard InChI is InChI=1S/C14H18N2O/c1-10-3-4-12(7-11(10)2)8-13(17)9-14-15-5-6-16-14/h3-7,13,17H,8-9H2,1-2H3,(H,15,16). The van der Waals surface area contributed by atoms with Crippen molar-refractivity contribution in [1.29, 1.82) is 0 Å². The Kier molecular flexibility index (Phi) is 3.59. The minimum Gasteiger partial charge on any atom is -0.392 e. The highest BCUT2D eigenvalue weighted by atomic mass is 16.3. The highest BCUT2D eigenvalue weighted by Crippen LogP contribution is 2.12. The Labute approximate surface area is 102 Å². The van der Waals surface area contributed by atoms with Crippen LogP contribution in [0.15, 0.2) is 30.6 Å². The number of benzene rings is 1. The van der Waals surface area contributed by atoms with Crippen molar-refractivity contribution in [1.82, 2.24) is 9.97 Å². The van der Waals surface area contributed by atoms with Gasteiger partial charge in [0, 0.05) is 18.8 Å². The molecule has 2 rings (SSSR count). The third-order valence-corrected chi connectivity index (χ3v) is 3.03. The van der Waals surface area contributed by atoms with E-state index >= 15 is 0 Å². The summed E-state index contributed by atoms with van der Waals surface area (Å²) in [6.45, 7) is 4.19. The molecule has 0 saturated carbocycles. The molecule has 2 N–H and O–H groups in total. The summed E-state index contributed by atoms with van der Waals surface area (Å²) in [5.41, 5.74) is 3.73. The Bertz CT molecular complexity index is 477. The maximum Gasteiger partial charge on any atom is 0.108 e. The van der Waals surface area contributed by atoms with Crippen LogP contribution in [0.3, 0.4) is 0 Å². The van der Waals surface area contributed by atoms with Crippen LogP contribution in [0.4, 0.5) is 0 Å². The lowest BCUT2D eigenvalue weighted by Crippen LogP contribution is -2.15. The van der Waals surface area contributed by atoms with Crippen molar-refractivity contribution in [3.8, 4) is 0 Å². The number of aliphatic hydroxyl groups is 1. The molecule has 0 spiro atoms. The number of aromatic nitrogens is 2. The minimum absolute atomic E-state index is 0.386. The van der Waals surface area contributed by atoms with E-state index in [0.29, 0.717) is 12.8 Å². The smallest absolute Gasteiger partial charge is 0.108 e. The molecule has 0 aliphatic rings. The molecule has 1 unspecified atom stereocenters. The number of rotatable bonds is 4. The van der Waals surface area contributed by atoms with Gasteiger partial charge in [0.05, 0.1) is 6.10 Å². The second-order valence-electron chi connectivity index (χ2n) is 4.52. The van der Waals surface area contributed by atoms with E-state index in [-0.39, 0.29) is 6.10 Å². The zero-order chi connectivity index (χ0) is 12.3. The van der Waals surface area contributed by atoms with Gasteiger partial charge in [-0.3, -0.25) is 0 Å². The predicted molar refractivity (Wildman–Crippen MR) is 67.9 cm³/mol. The van der Waals surface area contributed by atoms with Crippen LogP contribution in [0.1, 0.15) is 22.5 Å². The highest BCUT2D eigenvalue weighted by Gasteiger charge is 2.08. The zero-order valence-corrected chi connectivity index (χ0v) is 10.3. The van der Waals surface area contributed by atoms with Crippen LogP contribution in [0, 0.1) is 13.8 Å². The van der Waals surface area contributed by atoms with E-state index in [4.69, 9.17) is 0 Å². The fraction of sp³-hybridized carbons (Fsp3) is 0.357. The number of nitrogens with one attached hydrogen (secondary N) is 1. The first-order valence-corrected chi connectivity index (χ1v) is 5.87. The van der Waals surface area contributed by atoms with Crippen molar-refractivity contribution in [3.05, 3.63) is 53.1 Å². The van der Waals surface area contributed by atoms with E-state index in [0.717, 1.165) is 5.82 Å². The van der Waals surface area contributed by atoms with E-state index in [9.17, 15) is 5.11 Å². The van der Waals surface area contributed by atoms with E-state index in [1.54, 1.807) is 12.4 Å². The summed E-state index contributed by atoms with van der Waals surface area (Å²) in [4.78, 5) is 7.12. The molecule has 0 radical (unpaired) electrons. The van der Waals surface area contributed by atoms with Gasteiger partial charge in [-0.05, 0) is 37.0 Å². The van der Waals surface area contributed by atoms with Crippen LogP contribution in [0.5, 0.6) is 0 Å². The summed E-state index contributed by atoms with van der Waals surface area (Å²) in [6.07, 6.45) is 4.33. The molecule has 1 aromatic carbocycles. The fourth-order valence-electron chi connectivity index (χ4n) is 1.91. The van der Waals surface area contributed by atoms with Gasteiger partial charge in [0.25, 0.3) is 0 Å². The molecule has 3 nitrogen and oxygen atoms in total. The Morgan fingerprint density at radius 1 is 1.24 bits per heavy atom. The molecule has 1 atom stereocenters. The van der Waals surface area contributed by atoms with Gasteiger partial charge in [0.15, 0.2) is 0 Å². The van der Waals surface area contributed by atoms with Crippen LogP contribution < -0.4 is 0 Å². The first kappa shape index (κ1) is 11.9. The van der Waals surface area contributed by atoms with Crippen LogP contribution >= 0.6 is 0 Å². The number of imidazole rings is 1. The molecule has 2 aromatic rings. The van der Waals surface area contributed by atoms with Gasteiger partial charge in [-0.25, -0.2) is 4.98 Å². The summed E-state index contributed by atoms with van der Waals surface area (Å²) < 4.78 is 0. The molecule has 0 aliphatic heterocycles. The van der Waals surface area contributed by atoms with Crippen molar-refractivity contribution in [2.75, 3.05) is 0 Å². The Morgan fingerprint density at radius 3 is 2.71 bits per heavy atom. The van der Waals surface area contributed by atoms with Gasteiger partial charge in [0.2, 0.25) is 0 Å². The SMILES string of the molecule is Cc1ccc(CC(O)Cc2ncc[nH]2)cc1C. The molecule has 0 fully saturated rings. The number of hydrogen-bond donors (Lipinski definition) is 2. The summed E-state index contributed by atoms with van der Waals surface area (Å²) >= 11 is 0. The molecular weight excluding hydrogens is 212 g/mol. The first-order chi connectivity index (χ1) is 8.15. The summed E-state index contributed by atoms with van der Waals surface area (Å²) in [5.74, 6) is 0.835. The number of nitrogens with zero attached hydrogens (tertiary/aromatic N) is 1. The summed E-state index contributed by atoms with van der Waals surface area (Å²) in [6, 6.07) is 6.32. The Hall–Kier alpha value is -1.61. The van der Waals surface area contributed by atoms with Crippen molar-refractivity contribution in [2.24, 2.45) is 0 Å². The Balaban J connectivity index is 1.98. The molecular formula is C14H18N2O. The van der Waals surface area contributed by atoms with Gasteiger partial charge in [-0.2, -0.15) is 0 Å². The minimum atomic E-state index is -0.386. The van der Waals surface area contributed by atoms with E-state index in [1.165, 1.54) is 16.7 Å². The van der Waals surface area contributed by atoms with Crippen molar-refractivity contribution >= 4 is 0 Å². The normalized spacial score (nSPS) is 12.6.